The third-order valence-corrected chi connectivity index (χ3v) is 6.06. The highest BCUT2D eigenvalue weighted by molar-refractivity contribution is 9.11. The zero-order chi connectivity index (χ0) is 15.7. The Kier molecular flexibility index (Phi) is 4.84. The van der Waals surface area contributed by atoms with Crippen LogP contribution in [0.5, 0.6) is 0 Å². The molecular weight excluding hydrogens is 366 g/mol. The Labute approximate surface area is 142 Å². The smallest absolute Gasteiger partial charge is 0.264 e. The first-order chi connectivity index (χ1) is 10.6. The number of halogens is 1. The van der Waals surface area contributed by atoms with Crippen LogP contribution < -0.4 is 5.32 Å². The maximum Gasteiger partial charge on any atom is 0.264 e. The van der Waals surface area contributed by atoms with E-state index >= 15 is 0 Å². The lowest BCUT2D eigenvalue weighted by Crippen LogP contribution is -2.47. The second-order valence-electron chi connectivity index (χ2n) is 5.94. The zero-order valence-electron chi connectivity index (χ0n) is 12.5. The van der Waals surface area contributed by atoms with Gasteiger partial charge in [0, 0.05) is 25.7 Å². The Morgan fingerprint density at radius 3 is 2.86 bits per heavy atom. The summed E-state index contributed by atoms with van der Waals surface area (Å²) in [7, 11) is 1.70. The number of nitrogens with zero attached hydrogens (tertiary/aromatic N) is 2. The fraction of sp³-hybridized carbons (Fsp3) is 0.600. The number of carbonyl (C=O) groups is 2. The van der Waals surface area contributed by atoms with Crippen molar-refractivity contribution in [3.05, 3.63) is 20.8 Å². The number of rotatable bonds is 3. The summed E-state index contributed by atoms with van der Waals surface area (Å²) in [6.07, 6.45) is 3.17. The van der Waals surface area contributed by atoms with Crippen LogP contribution in [-0.4, -0.2) is 60.4 Å². The fourth-order valence-electron chi connectivity index (χ4n) is 3.36. The predicted octanol–water partition coefficient (Wildman–Crippen LogP) is 1.94. The molecular formula is C15H20BrN3O2S. The van der Waals surface area contributed by atoms with Crippen molar-refractivity contribution in [3.63, 3.8) is 0 Å². The number of nitrogens with one attached hydrogen (secondary N) is 1. The third-order valence-electron chi connectivity index (χ3n) is 4.45. The first-order valence-electron chi connectivity index (χ1n) is 7.59. The summed E-state index contributed by atoms with van der Waals surface area (Å²) >= 11 is 4.76. The van der Waals surface area contributed by atoms with Crippen LogP contribution in [0.4, 0.5) is 0 Å². The first-order valence-corrected chi connectivity index (χ1v) is 9.20. The molecule has 7 heteroatoms. The van der Waals surface area contributed by atoms with Gasteiger partial charge in [0.15, 0.2) is 0 Å². The van der Waals surface area contributed by atoms with Crippen molar-refractivity contribution in [1.29, 1.82) is 0 Å². The summed E-state index contributed by atoms with van der Waals surface area (Å²) in [5.41, 5.74) is 0. The molecule has 0 aromatic carbocycles. The molecule has 3 rings (SSSR count). The molecule has 22 heavy (non-hydrogen) atoms. The topological polar surface area (TPSA) is 52.7 Å². The summed E-state index contributed by atoms with van der Waals surface area (Å²) in [5.74, 6) is -0.0213. The molecule has 0 aliphatic carbocycles. The summed E-state index contributed by atoms with van der Waals surface area (Å²) in [6.45, 7) is 2.00. The number of hydrogen-bond acceptors (Lipinski definition) is 4. The van der Waals surface area contributed by atoms with Gasteiger partial charge in [-0.25, -0.2) is 0 Å². The SMILES string of the molecule is CN(CC(=O)N1C2CCNCC1CC2)C(=O)c1ccc(Br)s1. The minimum atomic E-state index is -0.0932. The Morgan fingerprint density at radius 2 is 2.14 bits per heavy atom. The maximum atomic E-state index is 12.7. The van der Waals surface area contributed by atoms with Crippen LogP contribution in [-0.2, 0) is 4.79 Å². The second-order valence-corrected chi connectivity index (χ2v) is 8.41. The Hall–Kier alpha value is -0.920. The van der Waals surface area contributed by atoms with E-state index in [4.69, 9.17) is 0 Å². The largest absolute Gasteiger partial charge is 0.334 e. The summed E-state index contributed by atoms with van der Waals surface area (Å²) < 4.78 is 0.923. The van der Waals surface area contributed by atoms with Crippen molar-refractivity contribution >= 4 is 39.1 Å². The molecule has 1 N–H and O–H groups in total. The number of likely N-dealkylation sites (N-methyl/N-ethyl adjacent to an activating group) is 1. The van der Waals surface area contributed by atoms with Gasteiger partial charge in [0.1, 0.15) is 0 Å². The number of thiophene rings is 1. The van der Waals surface area contributed by atoms with Crippen LogP contribution in [0.1, 0.15) is 28.9 Å². The van der Waals surface area contributed by atoms with Gasteiger partial charge in [-0.3, -0.25) is 9.59 Å². The average molecular weight is 386 g/mol. The van der Waals surface area contributed by atoms with Crippen molar-refractivity contribution in [2.75, 3.05) is 26.7 Å². The molecule has 2 aliphatic heterocycles. The highest BCUT2D eigenvalue weighted by Gasteiger charge is 2.38. The highest BCUT2D eigenvalue weighted by atomic mass is 79.9. The quantitative estimate of drug-likeness (QED) is 0.864. The lowest BCUT2D eigenvalue weighted by Gasteiger charge is -2.29. The van der Waals surface area contributed by atoms with E-state index in [1.54, 1.807) is 13.1 Å². The number of carbonyl (C=O) groups excluding carboxylic acids is 2. The molecule has 120 valence electrons. The molecule has 2 amide bonds. The van der Waals surface area contributed by atoms with Gasteiger partial charge in [0.2, 0.25) is 5.91 Å². The van der Waals surface area contributed by atoms with E-state index in [-0.39, 0.29) is 18.4 Å². The van der Waals surface area contributed by atoms with Gasteiger partial charge in [0.05, 0.1) is 15.2 Å². The lowest BCUT2D eigenvalue weighted by atomic mass is 10.1. The fourth-order valence-corrected chi connectivity index (χ4v) is 4.74. The van der Waals surface area contributed by atoms with Crippen LogP contribution in [0, 0.1) is 0 Å². The van der Waals surface area contributed by atoms with E-state index in [0.717, 1.165) is 36.1 Å². The standard InChI is InChI=1S/C15H20BrN3O2S/c1-18(15(21)12-4-5-13(16)22-12)9-14(20)19-10-2-3-11(19)8-17-7-6-10/h4-5,10-11,17H,2-3,6-9H2,1H3. The van der Waals surface area contributed by atoms with Crippen LogP contribution in [0.25, 0.3) is 0 Å². The number of fused-ring (bicyclic) bond motifs is 2. The van der Waals surface area contributed by atoms with Crippen molar-refractivity contribution in [2.24, 2.45) is 0 Å². The van der Waals surface area contributed by atoms with Crippen molar-refractivity contribution < 1.29 is 9.59 Å². The summed E-state index contributed by atoms with van der Waals surface area (Å²) in [4.78, 5) is 29.2. The van der Waals surface area contributed by atoms with Gasteiger partial charge in [-0.2, -0.15) is 0 Å². The second kappa shape index (κ2) is 6.68. The molecule has 2 atom stereocenters. The van der Waals surface area contributed by atoms with Gasteiger partial charge in [-0.15, -0.1) is 11.3 Å². The number of hydrogen-bond donors (Lipinski definition) is 1. The minimum absolute atomic E-state index is 0.0719. The van der Waals surface area contributed by atoms with Crippen LogP contribution in [0.15, 0.2) is 15.9 Å². The minimum Gasteiger partial charge on any atom is -0.334 e. The van der Waals surface area contributed by atoms with Gasteiger partial charge in [0.25, 0.3) is 5.91 Å². The predicted molar refractivity (Wildman–Crippen MR) is 90.1 cm³/mol. The molecule has 5 nitrogen and oxygen atoms in total. The average Bonchev–Trinajstić information content (AvgIpc) is 3.00. The molecule has 2 unspecified atom stereocenters. The summed E-state index contributed by atoms with van der Waals surface area (Å²) in [6, 6.07) is 4.28. The van der Waals surface area contributed by atoms with Crippen LogP contribution >= 0.6 is 27.3 Å². The zero-order valence-corrected chi connectivity index (χ0v) is 15.0. The molecule has 0 radical (unpaired) electrons. The molecule has 2 fully saturated rings. The van der Waals surface area contributed by atoms with Gasteiger partial charge in [-0.05, 0) is 53.9 Å². The van der Waals surface area contributed by atoms with Gasteiger partial charge in [-0.1, -0.05) is 0 Å². The van der Waals surface area contributed by atoms with Gasteiger partial charge < -0.3 is 15.1 Å². The van der Waals surface area contributed by atoms with E-state index in [2.05, 4.69) is 21.2 Å². The highest BCUT2D eigenvalue weighted by Crippen LogP contribution is 2.28. The van der Waals surface area contributed by atoms with Crippen molar-refractivity contribution in [1.82, 2.24) is 15.1 Å². The Morgan fingerprint density at radius 1 is 1.36 bits per heavy atom. The van der Waals surface area contributed by atoms with E-state index in [1.807, 2.05) is 11.0 Å². The monoisotopic (exact) mass is 385 g/mol. The van der Waals surface area contributed by atoms with E-state index in [0.29, 0.717) is 17.0 Å². The molecule has 0 spiro atoms. The maximum absolute atomic E-state index is 12.7. The van der Waals surface area contributed by atoms with E-state index in [1.165, 1.54) is 16.2 Å². The Balaban J connectivity index is 1.64. The molecule has 3 heterocycles. The molecule has 1 aromatic rings. The van der Waals surface area contributed by atoms with Crippen LogP contribution in [0.2, 0.25) is 0 Å². The lowest BCUT2D eigenvalue weighted by molar-refractivity contribution is -0.134. The van der Waals surface area contributed by atoms with Crippen molar-refractivity contribution in [3.8, 4) is 0 Å². The third kappa shape index (κ3) is 3.21. The van der Waals surface area contributed by atoms with E-state index in [9.17, 15) is 9.59 Å². The number of amides is 2. The molecule has 2 aliphatic rings. The molecule has 0 saturated carbocycles. The van der Waals surface area contributed by atoms with Crippen molar-refractivity contribution in [2.45, 2.75) is 31.3 Å². The Bertz CT molecular complexity index is 563. The van der Waals surface area contributed by atoms with E-state index < -0.39 is 0 Å². The van der Waals surface area contributed by atoms with Gasteiger partial charge >= 0.3 is 0 Å². The molecule has 1 aromatic heterocycles. The molecule has 2 saturated heterocycles. The summed E-state index contributed by atoms with van der Waals surface area (Å²) in [5, 5.41) is 3.39. The van der Waals surface area contributed by atoms with Crippen LogP contribution in [0.3, 0.4) is 0 Å². The normalized spacial score (nSPS) is 24.2. The molecule has 2 bridgehead atoms. The first kappa shape index (κ1) is 16.0.